The second-order valence-corrected chi connectivity index (χ2v) is 6.93. The number of carbonyl (C=O) groups is 2. The summed E-state index contributed by atoms with van der Waals surface area (Å²) in [7, 11) is 1.62. The van der Waals surface area contributed by atoms with E-state index in [1.807, 2.05) is 0 Å². The van der Waals surface area contributed by atoms with Crippen LogP contribution in [0.1, 0.15) is 39.2 Å². The van der Waals surface area contributed by atoms with E-state index in [1.54, 1.807) is 42.5 Å². The van der Waals surface area contributed by atoms with Gasteiger partial charge in [0.1, 0.15) is 5.01 Å². The Hall–Kier alpha value is -2.65. The Kier molecular flexibility index (Phi) is 6.83. The number of fused-ring (bicyclic) bond motifs is 1. The van der Waals surface area contributed by atoms with Crippen molar-refractivity contribution in [2.75, 3.05) is 33.7 Å². The number of hydrogen-bond donors (Lipinski definition) is 0. The summed E-state index contributed by atoms with van der Waals surface area (Å²) in [5.74, 6) is 0.573. The Balaban J connectivity index is 1.75. The molecule has 1 aliphatic heterocycles. The van der Waals surface area contributed by atoms with Crippen molar-refractivity contribution in [3.63, 3.8) is 0 Å². The van der Waals surface area contributed by atoms with Gasteiger partial charge in [-0.3, -0.25) is 4.79 Å². The molecule has 0 N–H and O–H groups in total. The Morgan fingerprint density at radius 1 is 1.29 bits per heavy atom. The van der Waals surface area contributed by atoms with E-state index in [4.69, 9.17) is 18.9 Å². The number of hydrogen-bond acceptors (Lipinski definition) is 8. The van der Waals surface area contributed by atoms with E-state index in [0.717, 1.165) is 0 Å². The molecule has 1 aliphatic rings. The molecule has 2 heterocycles. The fourth-order valence-corrected chi connectivity index (χ4v) is 3.49. The van der Waals surface area contributed by atoms with Crippen LogP contribution in [0.15, 0.2) is 23.6 Å². The van der Waals surface area contributed by atoms with E-state index >= 15 is 0 Å². The maximum atomic E-state index is 13.1. The molecule has 28 heavy (non-hydrogen) atoms. The van der Waals surface area contributed by atoms with Crippen LogP contribution in [-0.4, -0.2) is 55.4 Å². The quantitative estimate of drug-likeness (QED) is 0.467. The fourth-order valence-electron chi connectivity index (χ4n) is 2.71. The van der Waals surface area contributed by atoms with Gasteiger partial charge in [-0.1, -0.05) is 0 Å². The summed E-state index contributed by atoms with van der Waals surface area (Å²) < 4.78 is 20.7. The molecule has 0 spiro atoms. The molecule has 9 heteroatoms. The first-order chi connectivity index (χ1) is 13.6. The Labute approximate surface area is 167 Å². The molecule has 3 rings (SSSR count). The molecule has 1 aromatic heterocycles. The molecule has 2 aromatic rings. The average Bonchev–Trinajstić information content (AvgIpc) is 3.35. The lowest BCUT2D eigenvalue weighted by atomic mass is 10.1. The van der Waals surface area contributed by atoms with E-state index in [2.05, 4.69) is 4.98 Å². The van der Waals surface area contributed by atoms with Gasteiger partial charge in [0, 0.05) is 31.2 Å². The van der Waals surface area contributed by atoms with Gasteiger partial charge < -0.3 is 23.8 Å². The number of esters is 1. The Bertz CT molecular complexity index is 838. The van der Waals surface area contributed by atoms with Crippen molar-refractivity contribution in [1.29, 1.82) is 0 Å². The highest BCUT2D eigenvalue weighted by atomic mass is 32.1. The molecular weight excluding hydrogens is 384 g/mol. The van der Waals surface area contributed by atoms with Crippen molar-refractivity contribution in [2.45, 2.75) is 19.9 Å². The predicted molar refractivity (Wildman–Crippen MR) is 102 cm³/mol. The van der Waals surface area contributed by atoms with Crippen LogP contribution in [0.3, 0.4) is 0 Å². The topological polar surface area (TPSA) is 87.2 Å². The summed E-state index contributed by atoms with van der Waals surface area (Å²) in [6, 6.07) is 5.12. The van der Waals surface area contributed by atoms with Gasteiger partial charge in [0.2, 0.25) is 6.79 Å². The fraction of sp³-hybridized carbons (Fsp3) is 0.421. The smallest absolute Gasteiger partial charge is 0.357 e. The summed E-state index contributed by atoms with van der Waals surface area (Å²) in [6.07, 6.45) is 0.683. The predicted octanol–water partition coefficient (Wildman–Crippen LogP) is 2.73. The minimum absolute atomic E-state index is 0.151. The summed E-state index contributed by atoms with van der Waals surface area (Å²) in [5.41, 5.74) is 0.762. The lowest BCUT2D eigenvalue weighted by molar-refractivity contribution is 0.0520. The van der Waals surface area contributed by atoms with E-state index in [0.29, 0.717) is 48.2 Å². The SMILES string of the molecule is CCOC(=O)c1csc(CN(CCCOC)C(=O)c2ccc3c(c2)OCO3)n1. The van der Waals surface area contributed by atoms with Gasteiger partial charge in [0.15, 0.2) is 17.2 Å². The third-order valence-electron chi connectivity index (χ3n) is 4.05. The standard InChI is InChI=1S/C19H22N2O6S/c1-3-25-19(23)14-11-28-17(20-14)10-21(7-4-8-24-2)18(22)13-5-6-15-16(9-13)27-12-26-15/h5-6,9,11H,3-4,7-8,10,12H2,1-2H3. The van der Waals surface area contributed by atoms with Gasteiger partial charge in [-0.15, -0.1) is 11.3 Å². The van der Waals surface area contributed by atoms with Crippen LogP contribution in [0, 0.1) is 0 Å². The molecule has 0 saturated heterocycles. The molecule has 0 bridgehead atoms. The first-order valence-corrected chi connectivity index (χ1v) is 9.79. The molecule has 0 unspecified atom stereocenters. The van der Waals surface area contributed by atoms with Crippen LogP contribution < -0.4 is 9.47 Å². The van der Waals surface area contributed by atoms with Crippen LogP contribution in [0.4, 0.5) is 0 Å². The second-order valence-electron chi connectivity index (χ2n) is 5.99. The molecule has 0 atom stereocenters. The van der Waals surface area contributed by atoms with Crippen molar-refractivity contribution in [3.05, 3.63) is 39.8 Å². The Morgan fingerprint density at radius 2 is 2.11 bits per heavy atom. The molecule has 8 nitrogen and oxygen atoms in total. The molecule has 0 saturated carbocycles. The lowest BCUT2D eigenvalue weighted by Crippen LogP contribution is -2.32. The van der Waals surface area contributed by atoms with Crippen LogP contribution in [0.2, 0.25) is 0 Å². The first kappa shape index (κ1) is 20.1. The maximum Gasteiger partial charge on any atom is 0.357 e. The number of aromatic nitrogens is 1. The van der Waals surface area contributed by atoms with Crippen molar-refractivity contribution in [1.82, 2.24) is 9.88 Å². The molecule has 1 aromatic carbocycles. The van der Waals surface area contributed by atoms with E-state index < -0.39 is 5.97 Å². The number of nitrogens with zero attached hydrogens (tertiary/aromatic N) is 2. The van der Waals surface area contributed by atoms with Crippen LogP contribution >= 0.6 is 11.3 Å². The van der Waals surface area contributed by atoms with Crippen molar-refractivity contribution < 1.29 is 28.5 Å². The first-order valence-electron chi connectivity index (χ1n) is 8.91. The summed E-state index contributed by atoms with van der Waals surface area (Å²) in [4.78, 5) is 30.9. The van der Waals surface area contributed by atoms with Gasteiger partial charge >= 0.3 is 5.97 Å². The van der Waals surface area contributed by atoms with Gasteiger partial charge in [-0.25, -0.2) is 9.78 Å². The van der Waals surface area contributed by atoms with E-state index in [9.17, 15) is 9.59 Å². The van der Waals surface area contributed by atoms with Crippen LogP contribution in [0.25, 0.3) is 0 Å². The zero-order valence-corrected chi connectivity index (χ0v) is 16.6. The van der Waals surface area contributed by atoms with Gasteiger partial charge in [0.05, 0.1) is 13.2 Å². The molecule has 1 amide bonds. The molecule has 0 aliphatic carbocycles. The van der Waals surface area contributed by atoms with Crippen molar-refractivity contribution in [3.8, 4) is 11.5 Å². The maximum absolute atomic E-state index is 13.1. The highest BCUT2D eigenvalue weighted by molar-refractivity contribution is 7.09. The van der Waals surface area contributed by atoms with Gasteiger partial charge in [-0.2, -0.15) is 0 Å². The van der Waals surface area contributed by atoms with Gasteiger partial charge in [0.25, 0.3) is 5.91 Å². The van der Waals surface area contributed by atoms with E-state index in [1.165, 1.54) is 11.3 Å². The van der Waals surface area contributed by atoms with Crippen LogP contribution in [0.5, 0.6) is 11.5 Å². The third kappa shape index (κ3) is 4.79. The molecular formula is C19H22N2O6S. The molecule has 0 fully saturated rings. The minimum Gasteiger partial charge on any atom is -0.461 e. The number of ether oxygens (including phenoxy) is 4. The lowest BCUT2D eigenvalue weighted by Gasteiger charge is -2.22. The molecule has 0 radical (unpaired) electrons. The monoisotopic (exact) mass is 406 g/mol. The Morgan fingerprint density at radius 3 is 2.89 bits per heavy atom. The van der Waals surface area contributed by atoms with E-state index in [-0.39, 0.29) is 25.0 Å². The number of thiazole rings is 1. The highest BCUT2D eigenvalue weighted by Crippen LogP contribution is 2.33. The summed E-state index contributed by atoms with van der Waals surface area (Å²) >= 11 is 1.32. The number of rotatable bonds is 9. The average molecular weight is 406 g/mol. The highest BCUT2D eigenvalue weighted by Gasteiger charge is 2.22. The summed E-state index contributed by atoms with van der Waals surface area (Å²) in [6.45, 7) is 3.51. The summed E-state index contributed by atoms with van der Waals surface area (Å²) in [5, 5.41) is 2.31. The van der Waals surface area contributed by atoms with Crippen LogP contribution in [-0.2, 0) is 16.0 Å². The zero-order chi connectivity index (χ0) is 19.9. The largest absolute Gasteiger partial charge is 0.461 e. The second kappa shape index (κ2) is 9.52. The number of benzene rings is 1. The third-order valence-corrected chi connectivity index (χ3v) is 4.88. The number of amides is 1. The number of methoxy groups -OCH3 is 1. The molecule has 150 valence electrons. The van der Waals surface area contributed by atoms with Crippen molar-refractivity contribution in [2.24, 2.45) is 0 Å². The normalized spacial score (nSPS) is 12.1. The van der Waals surface area contributed by atoms with Crippen molar-refractivity contribution >= 4 is 23.2 Å². The number of carbonyl (C=O) groups excluding carboxylic acids is 2. The zero-order valence-electron chi connectivity index (χ0n) is 15.8. The minimum atomic E-state index is -0.460. The van der Waals surface area contributed by atoms with Gasteiger partial charge in [-0.05, 0) is 31.5 Å².